The number of ketones is 2. The first-order valence-corrected chi connectivity index (χ1v) is 12.8. The lowest BCUT2D eigenvalue weighted by Gasteiger charge is -2.53. The highest BCUT2D eigenvalue weighted by Crippen LogP contribution is 2.53. The molecule has 0 saturated heterocycles. The van der Waals surface area contributed by atoms with Crippen LogP contribution in [-0.4, -0.2) is 93.6 Å². The molecular weight excluding hydrogens is 506 g/mol. The van der Waals surface area contributed by atoms with Crippen LogP contribution in [0.1, 0.15) is 23.3 Å². The minimum Gasteiger partial charge on any atom is -0.507 e. The van der Waals surface area contributed by atoms with E-state index in [0.717, 1.165) is 5.76 Å². The molecule has 208 valence electrons. The number of fused-ring (bicyclic) bond motifs is 3. The van der Waals surface area contributed by atoms with Gasteiger partial charge in [0.25, 0.3) is 0 Å². The van der Waals surface area contributed by atoms with E-state index in [2.05, 4.69) is 0 Å². The zero-order valence-electron chi connectivity index (χ0n) is 22.2. The lowest BCUT2D eigenvalue weighted by Crippen LogP contribution is -2.73. The molecule has 0 bridgehead atoms. The monoisotopic (exact) mass is 539 g/mol. The molecule has 2 saturated carbocycles. The molecule has 1 aromatic carbocycles. The van der Waals surface area contributed by atoms with Crippen LogP contribution in [-0.2, 0) is 27.3 Å². The molecule has 39 heavy (non-hydrogen) atoms. The number of hydrogen-bond donors (Lipinski definition) is 5. The second kappa shape index (κ2) is 9.30. The van der Waals surface area contributed by atoms with Crippen molar-refractivity contribution in [2.75, 3.05) is 28.2 Å². The highest BCUT2D eigenvalue weighted by atomic mass is 16.3. The summed E-state index contributed by atoms with van der Waals surface area (Å²) in [4.78, 5) is 43.0. The largest absolute Gasteiger partial charge is 0.507 e. The van der Waals surface area contributed by atoms with Gasteiger partial charge >= 0.3 is 0 Å². The molecule has 1 amide bonds. The molecule has 11 heteroatoms. The van der Waals surface area contributed by atoms with Gasteiger partial charge in [0, 0.05) is 23.1 Å². The number of nitrogens with two attached hydrogens (primary N) is 1. The van der Waals surface area contributed by atoms with Crippen molar-refractivity contribution in [2.24, 2.45) is 23.5 Å². The van der Waals surface area contributed by atoms with Crippen LogP contribution in [0.15, 0.2) is 34.3 Å². The Hall–Kier alpha value is -3.51. The van der Waals surface area contributed by atoms with Gasteiger partial charge in [0.2, 0.25) is 11.7 Å². The van der Waals surface area contributed by atoms with E-state index in [0.29, 0.717) is 23.4 Å². The van der Waals surface area contributed by atoms with Crippen LogP contribution in [0, 0.1) is 17.8 Å². The molecule has 3 aliphatic rings. The van der Waals surface area contributed by atoms with Crippen molar-refractivity contribution < 1.29 is 39.2 Å². The summed E-state index contributed by atoms with van der Waals surface area (Å²) in [6.45, 7) is 0.571. The number of hydrogen-bond acceptors (Lipinski definition) is 10. The summed E-state index contributed by atoms with van der Waals surface area (Å²) in [7, 11) is 7.06. The number of primary amides is 1. The quantitative estimate of drug-likeness (QED) is 0.335. The number of nitrogens with zero attached hydrogens (tertiary/aromatic N) is 2. The first-order chi connectivity index (χ1) is 18.3. The molecule has 6 N–H and O–H groups in total. The van der Waals surface area contributed by atoms with E-state index < -0.39 is 58.7 Å². The molecule has 2 unspecified atom stereocenters. The van der Waals surface area contributed by atoms with Crippen LogP contribution >= 0.6 is 0 Å². The van der Waals surface area contributed by atoms with E-state index in [9.17, 15) is 34.8 Å². The third-order valence-corrected chi connectivity index (χ3v) is 8.37. The Bertz CT molecular complexity index is 1410. The molecule has 5 rings (SSSR count). The van der Waals surface area contributed by atoms with Crippen molar-refractivity contribution in [1.82, 2.24) is 9.80 Å². The Kier molecular flexibility index (Phi) is 6.46. The van der Waals surface area contributed by atoms with Crippen molar-refractivity contribution in [3.05, 3.63) is 46.7 Å². The SMILES string of the molecule is CN(C)Cc1ccc(-c2ccc(O)c3c2C[C@@H]2C[C@@H]4[C@@H](N(C)C)C(O)C(C(N)=O)C(=O)[C@]4(O)C(=O)C2=C3O)o1. The number of furan rings is 1. The number of phenolic OH excluding ortho intramolecular Hbond substituents is 1. The second-order valence-corrected chi connectivity index (χ2v) is 11.3. The van der Waals surface area contributed by atoms with Gasteiger partial charge in [0.1, 0.15) is 28.9 Å². The highest BCUT2D eigenvalue weighted by molar-refractivity contribution is 6.25. The minimum atomic E-state index is -2.68. The predicted octanol–water partition coefficient (Wildman–Crippen LogP) is 0.451. The fourth-order valence-corrected chi connectivity index (χ4v) is 6.75. The van der Waals surface area contributed by atoms with Crippen molar-refractivity contribution in [2.45, 2.75) is 37.1 Å². The Labute approximate surface area is 225 Å². The molecule has 0 radical (unpaired) electrons. The van der Waals surface area contributed by atoms with Crippen molar-refractivity contribution >= 4 is 23.2 Å². The number of benzene rings is 1. The zero-order chi connectivity index (χ0) is 28.5. The first kappa shape index (κ1) is 27.1. The summed E-state index contributed by atoms with van der Waals surface area (Å²) < 4.78 is 6.04. The Morgan fingerprint density at radius 2 is 1.82 bits per heavy atom. The van der Waals surface area contributed by atoms with Gasteiger partial charge in [-0.15, -0.1) is 0 Å². The molecule has 0 aliphatic heterocycles. The summed E-state index contributed by atoms with van der Waals surface area (Å²) in [5.74, 6) is -6.44. The van der Waals surface area contributed by atoms with Gasteiger partial charge in [-0.1, -0.05) is 0 Å². The van der Waals surface area contributed by atoms with Gasteiger partial charge in [-0.3, -0.25) is 14.4 Å². The number of aliphatic hydroxyl groups excluding tert-OH is 2. The van der Waals surface area contributed by atoms with Crippen molar-refractivity contribution in [3.8, 4) is 17.1 Å². The summed E-state index contributed by atoms with van der Waals surface area (Å²) in [5.41, 5.74) is 3.76. The van der Waals surface area contributed by atoms with Gasteiger partial charge < -0.3 is 40.4 Å². The molecular formula is C28H33N3O8. The van der Waals surface area contributed by atoms with E-state index in [-0.39, 0.29) is 29.7 Å². The third-order valence-electron chi connectivity index (χ3n) is 8.37. The normalized spacial score (nSPS) is 30.4. The van der Waals surface area contributed by atoms with Crippen LogP contribution in [0.4, 0.5) is 0 Å². The van der Waals surface area contributed by atoms with Crippen LogP contribution in [0.2, 0.25) is 0 Å². The average Bonchev–Trinajstić information content (AvgIpc) is 3.28. The van der Waals surface area contributed by atoms with Gasteiger partial charge in [-0.25, -0.2) is 0 Å². The average molecular weight is 540 g/mol. The summed E-state index contributed by atoms with van der Waals surface area (Å²) in [5, 5.41) is 44.8. The number of Topliss-reactive ketones (excluding diaryl/α,β-unsaturated/α-hetero) is 2. The number of phenols is 1. The van der Waals surface area contributed by atoms with Crippen molar-refractivity contribution in [1.29, 1.82) is 0 Å². The van der Waals surface area contributed by atoms with Crippen LogP contribution in [0.3, 0.4) is 0 Å². The second-order valence-electron chi connectivity index (χ2n) is 11.3. The number of aliphatic hydroxyl groups is 3. The summed E-state index contributed by atoms with van der Waals surface area (Å²) in [6, 6.07) is 5.77. The molecule has 2 fully saturated rings. The van der Waals surface area contributed by atoms with Gasteiger partial charge in [0.15, 0.2) is 11.4 Å². The molecule has 2 aromatic rings. The van der Waals surface area contributed by atoms with Gasteiger partial charge in [-0.2, -0.15) is 0 Å². The summed E-state index contributed by atoms with van der Waals surface area (Å²) in [6.07, 6.45) is -1.28. The Balaban J connectivity index is 1.66. The molecule has 1 aromatic heterocycles. The minimum absolute atomic E-state index is 0.0265. The van der Waals surface area contributed by atoms with Crippen LogP contribution in [0.25, 0.3) is 17.1 Å². The Morgan fingerprint density at radius 3 is 2.44 bits per heavy atom. The summed E-state index contributed by atoms with van der Waals surface area (Å²) >= 11 is 0. The number of amides is 1. The lowest BCUT2D eigenvalue weighted by atomic mass is 9.54. The fourth-order valence-electron chi connectivity index (χ4n) is 6.75. The number of carbonyl (C=O) groups is 3. The predicted molar refractivity (Wildman–Crippen MR) is 139 cm³/mol. The molecule has 11 nitrogen and oxygen atoms in total. The molecule has 3 aliphatic carbocycles. The van der Waals surface area contributed by atoms with Crippen LogP contribution in [0.5, 0.6) is 5.75 Å². The van der Waals surface area contributed by atoms with Gasteiger partial charge in [0.05, 0.1) is 18.2 Å². The molecule has 1 heterocycles. The maximum absolute atomic E-state index is 13.9. The highest BCUT2D eigenvalue weighted by Gasteiger charge is 2.67. The lowest BCUT2D eigenvalue weighted by molar-refractivity contribution is -0.184. The van der Waals surface area contributed by atoms with Gasteiger partial charge in [-0.05, 0) is 76.8 Å². The van der Waals surface area contributed by atoms with E-state index in [4.69, 9.17) is 10.2 Å². The maximum Gasteiger partial charge on any atom is 0.230 e. The van der Waals surface area contributed by atoms with E-state index in [1.165, 1.54) is 6.07 Å². The number of rotatable bonds is 5. The molecule has 6 atom stereocenters. The topological polar surface area (TPSA) is 178 Å². The molecule has 0 spiro atoms. The number of likely N-dealkylation sites (N-methyl/N-ethyl adjacent to an activating group) is 1. The first-order valence-electron chi connectivity index (χ1n) is 12.8. The Morgan fingerprint density at radius 1 is 1.13 bits per heavy atom. The standard InChI is InChI=1S/C28H33N3O8/c1-30(2)11-13-5-8-18(39-13)14-6-7-17(32)20-15(14)9-12-10-16-22(31(3)4)24(34)21(27(29)37)26(36)28(16,38)25(35)19(12)23(20)33/h5-8,12,16,21-22,24,32-34,38H,9-11H2,1-4H3,(H2,29,37)/t12-,16-,21?,22-,24?,28-/m1/s1. The fraction of sp³-hybridized carbons (Fsp3) is 0.464. The van der Waals surface area contributed by atoms with Crippen molar-refractivity contribution in [3.63, 3.8) is 0 Å². The van der Waals surface area contributed by atoms with E-state index in [1.807, 2.05) is 25.1 Å². The number of carbonyl (C=O) groups excluding carboxylic acids is 3. The third kappa shape index (κ3) is 3.91. The smallest absolute Gasteiger partial charge is 0.230 e. The van der Waals surface area contributed by atoms with E-state index in [1.54, 1.807) is 31.1 Å². The number of aromatic hydroxyl groups is 1. The van der Waals surface area contributed by atoms with Crippen LogP contribution < -0.4 is 5.73 Å². The van der Waals surface area contributed by atoms with E-state index >= 15 is 0 Å². The zero-order valence-corrected chi connectivity index (χ0v) is 22.2. The maximum atomic E-state index is 13.9.